The van der Waals surface area contributed by atoms with Gasteiger partial charge in [-0.2, -0.15) is 24.5 Å². The van der Waals surface area contributed by atoms with Crippen LogP contribution in [0, 0.1) is 0 Å². The van der Waals surface area contributed by atoms with Crippen LogP contribution in [0.2, 0.25) is 0 Å². The summed E-state index contributed by atoms with van der Waals surface area (Å²) < 4.78 is 42.7. The minimum Gasteiger partial charge on any atom is -0.493 e. The van der Waals surface area contributed by atoms with Crippen LogP contribution in [-0.2, 0) is 10.2 Å². The normalized spacial score (nSPS) is 23.6. The topological polar surface area (TPSA) is 100 Å². The van der Waals surface area contributed by atoms with Crippen LogP contribution in [0.4, 0.5) is 23.7 Å². The maximum Gasteiger partial charge on any atom is 0.490 e. The van der Waals surface area contributed by atoms with E-state index in [-0.39, 0.29) is 17.5 Å². The maximum atomic E-state index is 12.4. The first kappa shape index (κ1) is 27.6. The van der Waals surface area contributed by atoms with E-state index >= 15 is 0 Å². The largest absolute Gasteiger partial charge is 0.493 e. The summed E-state index contributed by atoms with van der Waals surface area (Å²) in [6.07, 6.45) is -1.00. The molecule has 1 saturated heterocycles. The number of hydrogen-bond donors (Lipinski definition) is 3. The van der Waals surface area contributed by atoms with Crippen LogP contribution in [0.1, 0.15) is 31.2 Å². The van der Waals surface area contributed by atoms with E-state index in [1.807, 2.05) is 22.9 Å². The number of benzene rings is 1. The first-order valence-corrected chi connectivity index (χ1v) is 12.3. The van der Waals surface area contributed by atoms with Crippen molar-refractivity contribution in [3.05, 3.63) is 40.6 Å². The third-order valence-electron chi connectivity index (χ3n) is 6.84. The number of aliphatic carboxylic acids is 1. The van der Waals surface area contributed by atoms with Crippen molar-refractivity contribution in [2.45, 2.75) is 49.4 Å². The second kappa shape index (κ2) is 11.4. The van der Waals surface area contributed by atoms with E-state index in [9.17, 15) is 18.0 Å². The van der Waals surface area contributed by atoms with E-state index in [1.165, 1.54) is 5.56 Å². The van der Waals surface area contributed by atoms with E-state index in [1.54, 1.807) is 25.6 Å². The van der Waals surface area contributed by atoms with Crippen molar-refractivity contribution in [2.24, 2.45) is 0 Å². The van der Waals surface area contributed by atoms with Gasteiger partial charge in [-0.25, -0.2) is 9.59 Å². The lowest BCUT2D eigenvalue weighted by Crippen LogP contribution is -2.52. The molecule has 3 N–H and O–H groups in total. The first-order valence-electron chi connectivity index (χ1n) is 11.3. The highest BCUT2D eigenvalue weighted by atomic mass is 32.1. The Hall–Kier alpha value is -2.99. The molecule has 0 bridgehead atoms. The number of alkyl halides is 3. The van der Waals surface area contributed by atoms with Crippen molar-refractivity contribution in [1.82, 2.24) is 10.2 Å². The minimum atomic E-state index is -5.08. The molecule has 1 saturated carbocycles. The number of methoxy groups -OCH3 is 2. The second-order valence-electron chi connectivity index (χ2n) is 8.86. The lowest BCUT2D eigenvalue weighted by molar-refractivity contribution is -0.192. The van der Waals surface area contributed by atoms with Crippen LogP contribution >= 0.6 is 11.3 Å². The number of ether oxygens (including phenoxy) is 2. The van der Waals surface area contributed by atoms with E-state index in [0.29, 0.717) is 6.04 Å². The van der Waals surface area contributed by atoms with Crippen LogP contribution in [0.3, 0.4) is 0 Å². The summed E-state index contributed by atoms with van der Waals surface area (Å²) in [5, 5.41) is 17.1. The van der Waals surface area contributed by atoms with E-state index < -0.39 is 12.1 Å². The summed E-state index contributed by atoms with van der Waals surface area (Å²) in [6, 6.07) is 8.70. The Bertz CT molecular complexity index is 1050. The summed E-state index contributed by atoms with van der Waals surface area (Å²) in [7, 11) is 5.55. The lowest BCUT2D eigenvalue weighted by atomic mass is 9.65. The fraction of sp³-hybridized carbons (Fsp3) is 0.500. The van der Waals surface area contributed by atoms with E-state index in [4.69, 9.17) is 19.4 Å². The molecule has 0 radical (unpaired) electrons. The Morgan fingerprint density at radius 3 is 2.44 bits per heavy atom. The molecule has 2 aromatic rings. The van der Waals surface area contributed by atoms with Crippen LogP contribution in [0.15, 0.2) is 35.0 Å². The quantitative estimate of drug-likeness (QED) is 0.519. The first-order chi connectivity index (χ1) is 17.0. The lowest BCUT2D eigenvalue weighted by Gasteiger charge is -2.45. The molecule has 0 unspecified atom stereocenters. The van der Waals surface area contributed by atoms with Gasteiger partial charge < -0.3 is 30.1 Å². The number of urea groups is 1. The summed E-state index contributed by atoms with van der Waals surface area (Å²) in [4.78, 5) is 23.7. The van der Waals surface area contributed by atoms with Crippen molar-refractivity contribution in [3.63, 3.8) is 0 Å². The number of likely N-dealkylation sites (tertiary alicyclic amines) is 1. The predicted molar refractivity (Wildman–Crippen MR) is 130 cm³/mol. The third-order valence-corrected chi connectivity index (χ3v) is 7.53. The Morgan fingerprint density at radius 1 is 1.17 bits per heavy atom. The van der Waals surface area contributed by atoms with Crippen LogP contribution < -0.4 is 20.1 Å². The predicted octanol–water partition coefficient (Wildman–Crippen LogP) is 4.71. The average molecular weight is 530 g/mol. The molecule has 2 aliphatic rings. The zero-order valence-corrected chi connectivity index (χ0v) is 21.0. The SMILES string of the molecule is COc1ccc([C@@]23CC[C@@H](NC(=O)Nc4ccsc4)C[C@@H]2N(C)CC3)cc1OC.O=C(O)C(F)(F)F. The number of rotatable bonds is 5. The van der Waals surface area contributed by atoms with Crippen molar-refractivity contribution >= 4 is 29.0 Å². The van der Waals surface area contributed by atoms with Crippen LogP contribution in [-0.4, -0.2) is 68.1 Å². The summed E-state index contributed by atoms with van der Waals surface area (Å²) in [6.45, 7) is 1.06. The number of nitrogens with zero attached hydrogens (tertiary/aromatic N) is 1. The third kappa shape index (κ3) is 6.22. The number of halogens is 3. The molecule has 4 rings (SSSR count). The molecule has 2 heterocycles. The summed E-state index contributed by atoms with van der Waals surface area (Å²) in [5.41, 5.74) is 2.25. The van der Waals surface area contributed by atoms with Gasteiger partial charge in [-0.15, -0.1) is 0 Å². The molecule has 1 aromatic carbocycles. The number of carboxylic acid groups (broad SMARTS) is 1. The number of carbonyl (C=O) groups excluding carboxylic acids is 1. The second-order valence-corrected chi connectivity index (χ2v) is 9.64. The Morgan fingerprint density at radius 2 is 1.86 bits per heavy atom. The van der Waals surface area contributed by atoms with Gasteiger partial charge in [0.1, 0.15) is 0 Å². The van der Waals surface area contributed by atoms with Crippen LogP contribution in [0.25, 0.3) is 0 Å². The van der Waals surface area contributed by atoms with Gasteiger partial charge in [0.25, 0.3) is 0 Å². The smallest absolute Gasteiger partial charge is 0.490 e. The number of thiophene rings is 1. The molecule has 0 spiro atoms. The zero-order valence-electron chi connectivity index (χ0n) is 20.2. The molecule has 2 amide bonds. The highest BCUT2D eigenvalue weighted by molar-refractivity contribution is 7.08. The number of carboxylic acids is 1. The minimum absolute atomic E-state index is 0.0936. The number of fused-ring (bicyclic) bond motifs is 1. The highest BCUT2D eigenvalue weighted by Crippen LogP contribution is 2.49. The average Bonchev–Trinajstić information content (AvgIpc) is 3.46. The van der Waals surface area contributed by atoms with E-state index in [0.717, 1.165) is 49.4 Å². The van der Waals surface area contributed by atoms with Gasteiger partial charge in [0.05, 0.1) is 19.9 Å². The molecular formula is C24H30F3N3O5S. The summed E-state index contributed by atoms with van der Waals surface area (Å²) >= 11 is 1.57. The monoisotopic (exact) mass is 529 g/mol. The fourth-order valence-corrected chi connectivity index (χ4v) is 5.67. The van der Waals surface area contributed by atoms with Crippen LogP contribution in [0.5, 0.6) is 11.5 Å². The number of likely N-dealkylation sites (N-methyl/N-ethyl adjacent to an activating group) is 1. The Kier molecular flexibility index (Phi) is 8.72. The van der Waals surface area contributed by atoms with Gasteiger partial charge in [0, 0.05) is 22.9 Å². The fourth-order valence-electron chi connectivity index (χ4n) is 5.08. The number of amides is 2. The van der Waals surface area contributed by atoms with E-state index in [2.05, 4.69) is 34.7 Å². The van der Waals surface area contributed by atoms with Gasteiger partial charge >= 0.3 is 18.2 Å². The zero-order chi connectivity index (χ0) is 26.5. The van der Waals surface area contributed by atoms with Crippen molar-refractivity contribution < 1.29 is 37.3 Å². The number of carbonyl (C=O) groups is 2. The summed E-state index contributed by atoms with van der Waals surface area (Å²) in [5.74, 6) is -1.22. The Balaban J connectivity index is 0.000000454. The van der Waals surface area contributed by atoms with Gasteiger partial charge in [-0.3, -0.25) is 0 Å². The molecule has 3 atom stereocenters. The van der Waals surface area contributed by atoms with Gasteiger partial charge in [-0.1, -0.05) is 6.07 Å². The van der Waals surface area contributed by atoms with Gasteiger partial charge in [0.15, 0.2) is 11.5 Å². The molecule has 2 fully saturated rings. The number of anilines is 1. The van der Waals surface area contributed by atoms with Crippen molar-refractivity contribution in [2.75, 3.05) is 33.1 Å². The van der Waals surface area contributed by atoms with Crippen molar-refractivity contribution in [3.8, 4) is 11.5 Å². The molecule has 36 heavy (non-hydrogen) atoms. The molecule has 198 valence electrons. The number of nitrogens with one attached hydrogen (secondary N) is 2. The standard InChI is InChI=1S/C22H29N3O3S.C2HF3O2/c1-25-10-9-22(15-4-5-18(27-2)19(12-15)28-3)8-6-16(13-20(22)25)23-21(26)24-17-7-11-29-14-17;3-2(4,5)1(6)7/h4-5,7,11-12,14,16,20H,6,8-10,13H2,1-3H3,(H2,23,24,26);(H,6,7)/t16-,20+,22+;/m1./s1. The van der Waals surface area contributed by atoms with Crippen molar-refractivity contribution in [1.29, 1.82) is 0 Å². The molecule has 12 heteroatoms. The molecular weight excluding hydrogens is 499 g/mol. The molecule has 8 nitrogen and oxygen atoms in total. The number of hydrogen-bond acceptors (Lipinski definition) is 6. The molecule has 1 aliphatic heterocycles. The molecule has 1 aromatic heterocycles. The maximum absolute atomic E-state index is 12.4. The molecule has 1 aliphatic carbocycles. The van der Waals surface area contributed by atoms with Gasteiger partial charge in [-0.05, 0) is 68.4 Å². The Labute approximate surface area is 211 Å². The van der Waals surface area contributed by atoms with Gasteiger partial charge in [0.2, 0.25) is 0 Å². The highest BCUT2D eigenvalue weighted by Gasteiger charge is 2.50.